The molecule has 0 saturated heterocycles. The first kappa shape index (κ1) is 14.6. The molecule has 2 nitrogen and oxygen atoms in total. The summed E-state index contributed by atoms with van der Waals surface area (Å²) in [4.78, 5) is 7.34. The van der Waals surface area contributed by atoms with Crippen molar-refractivity contribution >= 4 is 8.40 Å². The first-order valence-electron chi connectivity index (χ1n) is 5.65. The fraction of sp³-hybridized carbons (Fsp3) is 0.667. The van der Waals surface area contributed by atoms with E-state index in [4.69, 9.17) is 0 Å². The molecule has 3 heteroatoms. The van der Waals surface area contributed by atoms with Crippen molar-refractivity contribution in [1.82, 2.24) is 9.96 Å². The van der Waals surface area contributed by atoms with Crippen molar-refractivity contribution in [3.8, 4) is 0 Å². The van der Waals surface area contributed by atoms with Crippen LogP contribution in [0, 0.1) is 0 Å². The molecule has 0 aromatic carbocycles. The van der Waals surface area contributed by atoms with E-state index in [2.05, 4.69) is 50.8 Å². The predicted octanol–water partition coefficient (Wildman–Crippen LogP) is 2.80. The second-order valence-electron chi connectivity index (χ2n) is 4.85. The monoisotopic (exact) mass is 226 g/mol. The quantitative estimate of drug-likeness (QED) is 0.515. The largest absolute Gasteiger partial charge is 0.322 e. The Bertz CT molecular complexity index is 194. The molecule has 0 heterocycles. The van der Waals surface area contributed by atoms with Gasteiger partial charge in [-0.15, -0.1) is 13.2 Å². The second kappa shape index (κ2) is 6.25. The van der Waals surface area contributed by atoms with Gasteiger partial charge in [-0.25, -0.2) is 0 Å². The van der Waals surface area contributed by atoms with E-state index in [-0.39, 0.29) is 5.04 Å². The highest BCUT2D eigenvalue weighted by molar-refractivity contribution is 6.77. The molecule has 0 aromatic rings. The van der Waals surface area contributed by atoms with E-state index in [1.165, 1.54) is 0 Å². The maximum atomic E-state index is 3.77. The Labute approximate surface area is 96.0 Å². The number of hydrogen-bond acceptors (Lipinski definition) is 2. The minimum atomic E-state index is -1.66. The third-order valence-electron chi connectivity index (χ3n) is 2.91. The van der Waals surface area contributed by atoms with Gasteiger partial charge in [0.1, 0.15) is 0 Å². The molecule has 0 saturated carbocycles. The Morgan fingerprint density at radius 3 is 1.67 bits per heavy atom. The fourth-order valence-corrected chi connectivity index (χ4v) is 5.60. The lowest BCUT2D eigenvalue weighted by Gasteiger charge is -2.43. The number of hydrogen-bond donors (Lipinski definition) is 2. The Morgan fingerprint density at radius 2 is 1.47 bits per heavy atom. The van der Waals surface area contributed by atoms with E-state index in [0.29, 0.717) is 0 Å². The van der Waals surface area contributed by atoms with Crippen molar-refractivity contribution in [2.24, 2.45) is 0 Å². The SMILES string of the molecule is C=CCN[Si](CC)(NCC=C)C(C)(C)C. The van der Waals surface area contributed by atoms with Crippen molar-refractivity contribution < 1.29 is 0 Å². The molecular weight excluding hydrogens is 200 g/mol. The van der Waals surface area contributed by atoms with Crippen LogP contribution in [-0.4, -0.2) is 21.5 Å². The standard InChI is InChI=1S/C12H26N2Si/c1-7-10-13-15(9-3,12(4,5)6)14-11-8-2/h7-8,13-14H,1-2,9-11H2,3-6H3. The summed E-state index contributed by atoms with van der Waals surface area (Å²) in [7, 11) is -1.66. The maximum absolute atomic E-state index is 3.77. The Hall–Kier alpha value is -0.383. The highest BCUT2D eigenvalue weighted by atomic mass is 28.3. The smallest absolute Gasteiger partial charge is 0.207 e. The Balaban J connectivity index is 4.74. The van der Waals surface area contributed by atoms with E-state index in [1.54, 1.807) is 0 Å². The normalized spacial score (nSPS) is 12.5. The minimum Gasteiger partial charge on any atom is -0.322 e. The molecule has 0 aliphatic carbocycles. The van der Waals surface area contributed by atoms with Crippen molar-refractivity contribution in [1.29, 1.82) is 0 Å². The third-order valence-corrected chi connectivity index (χ3v) is 8.14. The molecule has 0 fully saturated rings. The van der Waals surface area contributed by atoms with Crippen molar-refractivity contribution in [3.63, 3.8) is 0 Å². The summed E-state index contributed by atoms with van der Waals surface area (Å²) in [6, 6.07) is 1.16. The highest BCUT2D eigenvalue weighted by Gasteiger charge is 2.42. The summed E-state index contributed by atoms with van der Waals surface area (Å²) in [5.74, 6) is 0. The Morgan fingerprint density at radius 1 is 1.07 bits per heavy atom. The lowest BCUT2D eigenvalue weighted by atomic mass is 10.2. The van der Waals surface area contributed by atoms with E-state index < -0.39 is 8.40 Å². The molecule has 0 amide bonds. The Kier molecular flexibility index (Phi) is 6.09. The molecule has 0 aliphatic rings. The molecule has 2 N–H and O–H groups in total. The van der Waals surface area contributed by atoms with Gasteiger partial charge in [-0.05, 0) is 11.1 Å². The van der Waals surface area contributed by atoms with Crippen LogP contribution in [0.5, 0.6) is 0 Å². The fourth-order valence-electron chi connectivity index (χ4n) is 1.87. The lowest BCUT2D eigenvalue weighted by Crippen LogP contribution is -2.67. The lowest BCUT2D eigenvalue weighted by molar-refractivity contribution is 0.649. The van der Waals surface area contributed by atoms with E-state index in [0.717, 1.165) is 19.1 Å². The molecule has 0 radical (unpaired) electrons. The van der Waals surface area contributed by atoms with Gasteiger partial charge >= 0.3 is 0 Å². The first-order valence-corrected chi connectivity index (χ1v) is 7.86. The molecule has 0 spiro atoms. The second-order valence-corrected chi connectivity index (χ2v) is 9.57. The van der Waals surface area contributed by atoms with Gasteiger partial charge in [-0.2, -0.15) is 0 Å². The van der Waals surface area contributed by atoms with Crippen LogP contribution in [0.3, 0.4) is 0 Å². The third kappa shape index (κ3) is 3.93. The zero-order chi connectivity index (χ0) is 11.9. The van der Waals surface area contributed by atoms with Gasteiger partial charge in [0.2, 0.25) is 8.40 Å². The number of nitrogens with one attached hydrogen (secondary N) is 2. The molecular formula is C12H26N2Si. The van der Waals surface area contributed by atoms with Gasteiger partial charge < -0.3 is 9.96 Å². The summed E-state index contributed by atoms with van der Waals surface area (Å²) in [6.45, 7) is 18.5. The zero-order valence-corrected chi connectivity index (χ0v) is 11.7. The predicted molar refractivity (Wildman–Crippen MR) is 72.3 cm³/mol. The molecule has 0 aliphatic heterocycles. The van der Waals surface area contributed by atoms with Crippen molar-refractivity contribution in [3.05, 3.63) is 25.3 Å². The van der Waals surface area contributed by atoms with E-state index in [1.807, 2.05) is 12.2 Å². The molecule has 0 unspecified atom stereocenters. The van der Waals surface area contributed by atoms with Gasteiger partial charge in [0.25, 0.3) is 0 Å². The molecule has 0 rings (SSSR count). The first-order chi connectivity index (χ1) is 6.93. The van der Waals surface area contributed by atoms with Crippen LogP contribution in [-0.2, 0) is 0 Å². The van der Waals surface area contributed by atoms with E-state index >= 15 is 0 Å². The van der Waals surface area contributed by atoms with Gasteiger partial charge in [0.15, 0.2) is 0 Å². The molecule has 0 atom stereocenters. The van der Waals surface area contributed by atoms with Crippen LogP contribution in [0.15, 0.2) is 25.3 Å². The molecule has 0 aromatic heterocycles. The summed E-state index contributed by atoms with van der Waals surface area (Å²) in [5.41, 5.74) is 0. The van der Waals surface area contributed by atoms with Gasteiger partial charge in [-0.1, -0.05) is 39.8 Å². The van der Waals surface area contributed by atoms with Crippen molar-refractivity contribution in [2.45, 2.75) is 38.8 Å². The highest BCUT2D eigenvalue weighted by Crippen LogP contribution is 2.34. The van der Waals surface area contributed by atoms with Gasteiger partial charge in [0, 0.05) is 13.1 Å². The zero-order valence-electron chi connectivity index (χ0n) is 10.7. The summed E-state index contributed by atoms with van der Waals surface area (Å²) >= 11 is 0. The molecule has 0 bridgehead atoms. The molecule has 88 valence electrons. The maximum Gasteiger partial charge on any atom is 0.207 e. The van der Waals surface area contributed by atoms with Crippen LogP contribution in [0.1, 0.15) is 27.7 Å². The van der Waals surface area contributed by atoms with Gasteiger partial charge in [-0.3, -0.25) is 0 Å². The van der Waals surface area contributed by atoms with Crippen LogP contribution in [0.4, 0.5) is 0 Å². The summed E-state index contributed by atoms with van der Waals surface area (Å²) < 4.78 is 0. The molecule has 15 heavy (non-hydrogen) atoms. The minimum absolute atomic E-state index is 0.285. The summed E-state index contributed by atoms with van der Waals surface area (Å²) in [6.07, 6.45) is 3.86. The van der Waals surface area contributed by atoms with Gasteiger partial charge in [0.05, 0.1) is 0 Å². The van der Waals surface area contributed by atoms with Crippen molar-refractivity contribution in [2.75, 3.05) is 13.1 Å². The average molecular weight is 226 g/mol. The van der Waals surface area contributed by atoms with Crippen LogP contribution < -0.4 is 9.96 Å². The van der Waals surface area contributed by atoms with Crippen LogP contribution in [0.2, 0.25) is 11.1 Å². The topological polar surface area (TPSA) is 24.1 Å². The van der Waals surface area contributed by atoms with E-state index in [9.17, 15) is 0 Å². The number of rotatable bonds is 7. The van der Waals surface area contributed by atoms with Crippen LogP contribution >= 0.6 is 0 Å². The van der Waals surface area contributed by atoms with Crippen LogP contribution in [0.25, 0.3) is 0 Å². The average Bonchev–Trinajstić information content (AvgIpc) is 2.17. The summed E-state index contributed by atoms with van der Waals surface area (Å²) in [5, 5.41) is 0.285.